The predicted molar refractivity (Wildman–Crippen MR) is 55.7 cm³/mol. The first-order valence-corrected chi connectivity index (χ1v) is 4.76. The highest BCUT2D eigenvalue weighted by molar-refractivity contribution is 5.26. The van der Waals surface area contributed by atoms with E-state index < -0.39 is 6.10 Å². The van der Waals surface area contributed by atoms with Gasteiger partial charge in [-0.3, -0.25) is 0 Å². The van der Waals surface area contributed by atoms with Gasteiger partial charge in [-0.15, -0.1) is 0 Å². The first kappa shape index (κ1) is 12.0. The summed E-state index contributed by atoms with van der Waals surface area (Å²) in [6.07, 6.45) is -0.803. The van der Waals surface area contributed by atoms with Gasteiger partial charge in [0.2, 0.25) is 0 Å². The van der Waals surface area contributed by atoms with E-state index in [4.69, 9.17) is 19.7 Å². The zero-order valence-corrected chi connectivity index (χ0v) is 8.72. The van der Waals surface area contributed by atoms with Crippen molar-refractivity contribution in [3.05, 3.63) is 29.8 Å². The van der Waals surface area contributed by atoms with E-state index in [1.807, 2.05) is 24.3 Å². The molecule has 1 aromatic carbocycles. The molecule has 0 aliphatic rings. The number of hydrogen-bond donors (Lipinski definition) is 2. The molecule has 4 nitrogen and oxygen atoms in total. The number of aliphatic hydroxyl groups excluding tert-OH is 2. The van der Waals surface area contributed by atoms with E-state index in [0.717, 1.165) is 11.3 Å². The lowest BCUT2D eigenvalue weighted by Crippen LogP contribution is -2.19. The van der Waals surface area contributed by atoms with Crippen molar-refractivity contribution in [3.8, 4) is 5.75 Å². The van der Waals surface area contributed by atoms with E-state index in [9.17, 15) is 0 Å². The van der Waals surface area contributed by atoms with Crippen molar-refractivity contribution in [2.45, 2.75) is 12.7 Å². The average molecular weight is 212 g/mol. The van der Waals surface area contributed by atoms with Crippen molar-refractivity contribution in [3.63, 3.8) is 0 Å². The molecule has 15 heavy (non-hydrogen) atoms. The summed E-state index contributed by atoms with van der Waals surface area (Å²) in [5, 5.41) is 17.6. The first-order valence-electron chi connectivity index (χ1n) is 4.76. The van der Waals surface area contributed by atoms with Crippen LogP contribution in [-0.2, 0) is 11.3 Å². The van der Waals surface area contributed by atoms with Crippen LogP contribution in [0.15, 0.2) is 24.3 Å². The fourth-order valence-corrected chi connectivity index (χ4v) is 1.09. The Morgan fingerprint density at radius 1 is 1.27 bits per heavy atom. The van der Waals surface area contributed by atoms with Crippen LogP contribution in [0.1, 0.15) is 5.56 Å². The summed E-state index contributed by atoms with van der Waals surface area (Å²) in [4.78, 5) is 0. The van der Waals surface area contributed by atoms with Crippen LogP contribution in [0.5, 0.6) is 5.75 Å². The summed E-state index contributed by atoms with van der Waals surface area (Å²) in [7, 11) is 1.61. The molecule has 84 valence electrons. The van der Waals surface area contributed by atoms with E-state index >= 15 is 0 Å². The molecule has 0 aliphatic carbocycles. The van der Waals surface area contributed by atoms with Gasteiger partial charge in [0.1, 0.15) is 11.9 Å². The molecule has 0 saturated heterocycles. The lowest BCUT2D eigenvalue weighted by molar-refractivity contribution is 0.0000175. The number of hydrogen-bond acceptors (Lipinski definition) is 4. The molecule has 0 radical (unpaired) electrons. The van der Waals surface area contributed by atoms with Gasteiger partial charge in [0.15, 0.2) is 0 Å². The summed E-state index contributed by atoms with van der Waals surface area (Å²) in [6.45, 7) is 0.284. The van der Waals surface area contributed by atoms with Gasteiger partial charge in [-0.2, -0.15) is 0 Å². The highest BCUT2D eigenvalue weighted by atomic mass is 16.5. The number of methoxy groups -OCH3 is 1. The molecule has 1 atom stereocenters. The Labute approximate surface area is 89.1 Å². The van der Waals surface area contributed by atoms with Crippen molar-refractivity contribution >= 4 is 0 Å². The van der Waals surface area contributed by atoms with Crippen LogP contribution in [0.25, 0.3) is 0 Å². The molecule has 2 N–H and O–H groups in total. The second-order valence-electron chi connectivity index (χ2n) is 3.20. The Hall–Kier alpha value is -1.10. The molecule has 1 aromatic rings. The molecular weight excluding hydrogens is 196 g/mol. The van der Waals surface area contributed by atoms with Crippen molar-refractivity contribution in [1.29, 1.82) is 0 Å². The molecule has 0 aromatic heterocycles. The van der Waals surface area contributed by atoms with Gasteiger partial charge in [0, 0.05) is 0 Å². The van der Waals surface area contributed by atoms with E-state index in [0.29, 0.717) is 6.61 Å². The van der Waals surface area contributed by atoms with Gasteiger partial charge < -0.3 is 19.7 Å². The van der Waals surface area contributed by atoms with Crippen molar-refractivity contribution in [2.24, 2.45) is 0 Å². The monoisotopic (exact) mass is 212 g/mol. The maximum atomic E-state index is 9.02. The van der Waals surface area contributed by atoms with E-state index in [1.165, 1.54) is 0 Å². The third kappa shape index (κ3) is 4.29. The summed E-state index contributed by atoms with van der Waals surface area (Å²) >= 11 is 0. The number of aliphatic hydroxyl groups is 2. The zero-order chi connectivity index (χ0) is 11.1. The second-order valence-corrected chi connectivity index (χ2v) is 3.20. The molecule has 0 spiro atoms. The summed E-state index contributed by atoms with van der Waals surface area (Å²) in [5.41, 5.74) is 1.00. The van der Waals surface area contributed by atoms with Crippen LogP contribution in [-0.4, -0.2) is 36.6 Å². The van der Waals surface area contributed by atoms with Crippen LogP contribution in [0.4, 0.5) is 0 Å². The highest BCUT2D eigenvalue weighted by Gasteiger charge is 2.01. The standard InChI is InChI=1S/C11H16O4/c1-14-11-4-2-9(3-5-11)7-15-8-10(13)6-12/h2-5,10,12-13H,6-8H2,1H3/t10-/m0/s1. The highest BCUT2D eigenvalue weighted by Crippen LogP contribution is 2.11. The summed E-state index contributed by atoms with van der Waals surface area (Å²) in [6, 6.07) is 7.48. The lowest BCUT2D eigenvalue weighted by atomic mass is 10.2. The molecule has 0 saturated carbocycles. The largest absolute Gasteiger partial charge is 0.497 e. The topological polar surface area (TPSA) is 58.9 Å². The van der Waals surface area contributed by atoms with Crippen LogP contribution in [0.2, 0.25) is 0 Å². The minimum atomic E-state index is -0.803. The van der Waals surface area contributed by atoms with E-state index in [1.54, 1.807) is 7.11 Å². The Morgan fingerprint density at radius 2 is 1.93 bits per heavy atom. The quantitative estimate of drug-likeness (QED) is 0.723. The fraction of sp³-hybridized carbons (Fsp3) is 0.455. The van der Waals surface area contributed by atoms with Gasteiger partial charge in [-0.25, -0.2) is 0 Å². The van der Waals surface area contributed by atoms with Crippen LogP contribution in [0.3, 0.4) is 0 Å². The molecule has 0 bridgehead atoms. The Bertz CT molecular complexity index is 270. The van der Waals surface area contributed by atoms with Gasteiger partial charge in [-0.1, -0.05) is 12.1 Å². The molecular formula is C11H16O4. The van der Waals surface area contributed by atoms with Gasteiger partial charge >= 0.3 is 0 Å². The molecule has 4 heteroatoms. The fourth-order valence-electron chi connectivity index (χ4n) is 1.09. The number of benzene rings is 1. The molecule has 0 amide bonds. The Balaban J connectivity index is 2.31. The maximum absolute atomic E-state index is 9.02. The van der Waals surface area contributed by atoms with Gasteiger partial charge in [0.05, 0.1) is 26.9 Å². The molecule has 0 unspecified atom stereocenters. The number of ether oxygens (including phenoxy) is 2. The lowest BCUT2D eigenvalue weighted by Gasteiger charge is -2.08. The van der Waals surface area contributed by atoms with Gasteiger partial charge in [0.25, 0.3) is 0 Å². The third-order valence-corrected chi connectivity index (χ3v) is 1.95. The van der Waals surface area contributed by atoms with Crippen LogP contribution < -0.4 is 4.74 Å². The number of rotatable bonds is 6. The van der Waals surface area contributed by atoms with E-state index in [-0.39, 0.29) is 13.2 Å². The zero-order valence-electron chi connectivity index (χ0n) is 8.72. The minimum absolute atomic E-state index is 0.141. The Kier molecular flexibility index (Phi) is 5.10. The van der Waals surface area contributed by atoms with Crippen LogP contribution in [0, 0.1) is 0 Å². The van der Waals surface area contributed by atoms with Crippen molar-refractivity contribution < 1.29 is 19.7 Å². The molecule has 0 aliphatic heterocycles. The Morgan fingerprint density at radius 3 is 2.47 bits per heavy atom. The minimum Gasteiger partial charge on any atom is -0.497 e. The summed E-state index contributed by atoms with van der Waals surface area (Å²) < 4.78 is 10.2. The van der Waals surface area contributed by atoms with E-state index in [2.05, 4.69) is 0 Å². The van der Waals surface area contributed by atoms with Crippen molar-refractivity contribution in [1.82, 2.24) is 0 Å². The van der Waals surface area contributed by atoms with Crippen molar-refractivity contribution in [2.75, 3.05) is 20.3 Å². The molecule has 1 rings (SSSR count). The predicted octanol–water partition coefficient (Wildman–Crippen LogP) is 0.565. The SMILES string of the molecule is COc1ccc(COC[C@@H](O)CO)cc1. The molecule has 0 heterocycles. The molecule has 0 fully saturated rings. The maximum Gasteiger partial charge on any atom is 0.118 e. The van der Waals surface area contributed by atoms with Crippen LogP contribution >= 0.6 is 0 Å². The third-order valence-electron chi connectivity index (χ3n) is 1.95. The summed E-state index contributed by atoms with van der Waals surface area (Å²) in [5.74, 6) is 0.800. The smallest absolute Gasteiger partial charge is 0.118 e. The normalized spacial score (nSPS) is 12.5. The van der Waals surface area contributed by atoms with Gasteiger partial charge in [-0.05, 0) is 17.7 Å². The average Bonchev–Trinajstić information content (AvgIpc) is 2.29. The first-order chi connectivity index (χ1) is 7.26. The second kappa shape index (κ2) is 6.40.